The number of aromatic amines is 1. The molecular weight excluding hydrogens is 430 g/mol. The molecule has 0 spiro atoms. The number of H-pyrrole nitrogens is 1. The lowest BCUT2D eigenvalue weighted by atomic mass is 10.1. The van der Waals surface area contributed by atoms with Crippen LogP contribution in [0.4, 0.5) is 0 Å². The van der Waals surface area contributed by atoms with Crippen LogP contribution in [0.2, 0.25) is 5.02 Å². The van der Waals surface area contributed by atoms with Gasteiger partial charge in [0.25, 0.3) is 11.1 Å². The molecule has 0 radical (unpaired) electrons. The maximum Gasteiger partial charge on any atom is 0.275 e. The molecule has 0 bridgehead atoms. The van der Waals surface area contributed by atoms with Crippen molar-refractivity contribution in [1.29, 1.82) is 5.26 Å². The second-order valence-electron chi connectivity index (χ2n) is 7.22. The van der Waals surface area contributed by atoms with Crippen LogP contribution in [0.25, 0.3) is 28.4 Å². The molecule has 5 aromatic rings. The van der Waals surface area contributed by atoms with Crippen LogP contribution in [-0.2, 0) is 0 Å². The summed E-state index contributed by atoms with van der Waals surface area (Å²) in [5, 5.41) is 23.7. The van der Waals surface area contributed by atoms with Crippen LogP contribution in [0.3, 0.4) is 0 Å². The van der Waals surface area contributed by atoms with Crippen molar-refractivity contribution < 1.29 is 5.11 Å². The molecule has 2 aromatic carbocycles. The molecule has 0 atom stereocenters. The summed E-state index contributed by atoms with van der Waals surface area (Å²) in [6.45, 7) is 1.62. The molecule has 2 N–H and O–H groups in total. The quantitative estimate of drug-likeness (QED) is 0.434. The highest BCUT2D eigenvalue weighted by Gasteiger charge is 2.18. The Bertz CT molecular complexity index is 1760. The van der Waals surface area contributed by atoms with Crippen LogP contribution >= 0.6 is 11.6 Å². The smallest absolute Gasteiger partial charge is 0.275 e. The number of nitriles is 1. The van der Waals surface area contributed by atoms with Crippen molar-refractivity contribution in [2.24, 2.45) is 0 Å². The second-order valence-corrected chi connectivity index (χ2v) is 7.66. The van der Waals surface area contributed by atoms with Gasteiger partial charge in [-0.2, -0.15) is 5.26 Å². The summed E-state index contributed by atoms with van der Waals surface area (Å²) >= 11 is 5.91. The van der Waals surface area contributed by atoms with Gasteiger partial charge in [-0.05, 0) is 55.0 Å². The standard InChI is InChI=1S/C23H14ClN5O3/c1-12-15(10-16-21(30)27-29(23(16)32)14-8-6-13(24)7-9-14)22(31)28-19-5-3-2-4-18(19)26-20(28)17(12)11-25/h2-10,32H,1H3,(H,27,30)/b15-10-. The summed E-state index contributed by atoms with van der Waals surface area (Å²) in [4.78, 5) is 30.5. The summed E-state index contributed by atoms with van der Waals surface area (Å²) in [5.41, 5.74) is 1.32. The minimum absolute atomic E-state index is 0.104. The van der Waals surface area contributed by atoms with Crippen LogP contribution in [-0.4, -0.2) is 24.3 Å². The molecule has 0 amide bonds. The maximum atomic E-state index is 13.4. The van der Waals surface area contributed by atoms with Crippen molar-refractivity contribution in [2.75, 3.05) is 0 Å². The SMILES string of the molecule is Cc1c(C#N)c2nc3ccccc3n2c(=O)/c1=C\c1c(O)n(-c2ccc(Cl)cc2)[nH]c1=O. The zero-order chi connectivity index (χ0) is 22.6. The van der Waals surface area contributed by atoms with Gasteiger partial charge in [0.05, 0.1) is 22.3 Å². The first-order valence-corrected chi connectivity index (χ1v) is 9.94. The molecule has 5 rings (SSSR count). The molecule has 3 aromatic heterocycles. The first-order chi connectivity index (χ1) is 15.4. The van der Waals surface area contributed by atoms with Gasteiger partial charge >= 0.3 is 0 Å². The van der Waals surface area contributed by atoms with E-state index in [1.807, 2.05) is 0 Å². The number of para-hydroxylation sites is 2. The largest absolute Gasteiger partial charge is 0.493 e. The molecular formula is C23H14ClN5O3. The van der Waals surface area contributed by atoms with Crippen molar-refractivity contribution in [3.8, 4) is 17.6 Å². The number of halogens is 1. The summed E-state index contributed by atoms with van der Waals surface area (Å²) in [6.07, 6.45) is 1.30. The fraction of sp³-hybridized carbons (Fsp3) is 0.0435. The molecule has 9 heteroatoms. The minimum Gasteiger partial charge on any atom is -0.493 e. The Balaban J connectivity index is 1.85. The van der Waals surface area contributed by atoms with E-state index in [-0.39, 0.29) is 27.9 Å². The number of pyridine rings is 1. The number of benzene rings is 2. The average Bonchev–Trinajstić information content (AvgIpc) is 3.30. The molecule has 0 aliphatic heterocycles. The van der Waals surface area contributed by atoms with E-state index < -0.39 is 11.1 Å². The maximum absolute atomic E-state index is 13.4. The number of nitrogens with zero attached hydrogens (tertiary/aromatic N) is 4. The van der Waals surface area contributed by atoms with Crippen LogP contribution in [0, 0.1) is 18.3 Å². The Morgan fingerprint density at radius 3 is 2.59 bits per heavy atom. The third-order valence-corrected chi connectivity index (χ3v) is 5.64. The van der Waals surface area contributed by atoms with Gasteiger partial charge < -0.3 is 5.11 Å². The second kappa shape index (κ2) is 7.11. The lowest BCUT2D eigenvalue weighted by Gasteiger charge is -2.04. The third-order valence-electron chi connectivity index (χ3n) is 5.39. The molecule has 8 nitrogen and oxygen atoms in total. The molecule has 3 heterocycles. The number of hydrogen-bond donors (Lipinski definition) is 2. The Hall–Kier alpha value is -4.35. The molecule has 0 aliphatic carbocycles. The van der Waals surface area contributed by atoms with E-state index in [1.54, 1.807) is 55.5 Å². The van der Waals surface area contributed by atoms with Crippen LogP contribution in [0.5, 0.6) is 5.88 Å². The minimum atomic E-state index is -0.592. The summed E-state index contributed by atoms with van der Waals surface area (Å²) in [5.74, 6) is -0.370. The van der Waals surface area contributed by atoms with Gasteiger partial charge in [0.15, 0.2) is 5.65 Å². The number of hydrogen-bond acceptors (Lipinski definition) is 5. The molecule has 156 valence electrons. The number of fused-ring (bicyclic) bond motifs is 3. The number of aromatic hydroxyl groups is 1. The highest BCUT2D eigenvalue weighted by molar-refractivity contribution is 6.30. The zero-order valence-corrected chi connectivity index (χ0v) is 17.4. The van der Waals surface area contributed by atoms with Crippen LogP contribution in [0.15, 0.2) is 58.1 Å². The normalized spacial score (nSPS) is 12.0. The fourth-order valence-corrected chi connectivity index (χ4v) is 3.90. The van der Waals surface area contributed by atoms with E-state index in [0.29, 0.717) is 27.3 Å². The van der Waals surface area contributed by atoms with Crippen LogP contribution in [0.1, 0.15) is 16.7 Å². The molecule has 0 fully saturated rings. The van der Waals surface area contributed by atoms with Crippen molar-refractivity contribution in [2.45, 2.75) is 6.92 Å². The van der Waals surface area contributed by atoms with Crippen LogP contribution < -0.4 is 16.3 Å². The topological polar surface area (TPSA) is 116 Å². The Labute approximate surface area is 184 Å². The fourth-order valence-electron chi connectivity index (χ4n) is 3.77. The van der Waals surface area contributed by atoms with Gasteiger partial charge in [-0.3, -0.25) is 19.1 Å². The van der Waals surface area contributed by atoms with E-state index >= 15 is 0 Å². The first kappa shape index (κ1) is 19.6. The Kier molecular flexibility index (Phi) is 4.36. The van der Waals surface area contributed by atoms with E-state index in [2.05, 4.69) is 16.2 Å². The van der Waals surface area contributed by atoms with E-state index in [9.17, 15) is 20.0 Å². The lowest BCUT2D eigenvalue weighted by Crippen LogP contribution is -2.34. The summed E-state index contributed by atoms with van der Waals surface area (Å²) in [7, 11) is 0. The predicted molar refractivity (Wildman–Crippen MR) is 120 cm³/mol. The Morgan fingerprint density at radius 2 is 1.88 bits per heavy atom. The van der Waals surface area contributed by atoms with Crippen molar-refractivity contribution in [3.63, 3.8) is 0 Å². The number of imidazole rings is 1. The molecule has 0 saturated heterocycles. The van der Waals surface area contributed by atoms with Gasteiger partial charge in [-0.15, -0.1) is 0 Å². The van der Waals surface area contributed by atoms with Crippen molar-refractivity contribution in [1.82, 2.24) is 19.2 Å². The highest BCUT2D eigenvalue weighted by Crippen LogP contribution is 2.21. The van der Waals surface area contributed by atoms with Crippen molar-refractivity contribution in [3.05, 3.63) is 96.2 Å². The lowest BCUT2D eigenvalue weighted by molar-refractivity contribution is 0.432. The summed E-state index contributed by atoms with van der Waals surface area (Å²) < 4.78 is 2.55. The number of aromatic nitrogens is 4. The molecule has 0 unspecified atom stereocenters. The van der Waals surface area contributed by atoms with Gasteiger partial charge in [0, 0.05) is 10.2 Å². The van der Waals surface area contributed by atoms with E-state index in [4.69, 9.17) is 11.6 Å². The molecule has 0 aliphatic rings. The zero-order valence-electron chi connectivity index (χ0n) is 16.6. The predicted octanol–water partition coefficient (Wildman–Crippen LogP) is 2.41. The van der Waals surface area contributed by atoms with E-state index in [1.165, 1.54) is 15.2 Å². The molecule has 0 saturated carbocycles. The number of nitrogens with one attached hydrogen (secondary N) is 1. The van der Waals surface area contributed by atoms with Crippen molar-refractivity contribution >= 4 is 34.4 Å². The van der Waals surface area contributed by atoms with Gasteiger partial charge in [-0.1, -0.05) is 23.7 Å². The van der Waals surface area contributed by atoms with Gasteiger partial charge in [-0.25, -0.2) is 9.67 Å². The monoisotopic (exact) mass is 443 g/mol. The van der Waals surface area contributed by atoms with Gasteiger partial charge in [0.2, 0.25) is 5.88 Å². The van der Waals surface area contributed by atoms with Gasteiger partial charge in [0.1, 0.15) is 11.6 Å². The highest BCUT2D eigenvalue weighted by atomic mass is 35.5. The number of rotatable bonds is 2. The summed E-state index contributed by atoms with van der Waals surface area (Å²) in [6, 6.07) is 15.7. The Morgan fingerprint density at radius 1 is 1.16 bits per heavy atom. The average molecular weight is 444 g/mol. The van der Waals surface area contributed by atoms with E-state index in [0.717, 1.165) is 0 Å². The first-order valence-electron chi connectivity index (χ1n) is 9.56. The molecule has 32 heavy (non-hydrogen) atoms. The third kappa shape index (κ3) is 2.80.